The fourth-order valence-corrected chi connectivity index (χ4v) is 2.07. The summed E-state index contributed by atoms with van der Waals surface area (Å²) in [4.78, 5) is 22.9. The average molecular weight is 312 g/mol. The largest absolute Gasteiger partial charge is 0.352 e. The number of rotatable bonds is 7. The zero-order chi connectivity index (χ0) is 16.7. The Hall–Kier alpha value is -2.27. The minimum Gasteiger partial charge on any atom is -0.352 e. The molecular formula is C18H24N4O. The van der Waals surface area contributed by atoms with E-state index >= 15 is 0 Å². The van der Waals surface area contributed by atoms with Crippen molar-refractivity contribution >= 4 is 5.91 Å². The predicted octanol–water partition coefficient (Wildman–Crippen LogP) is 2.60. The van der Waals surface area contributed by atoms with Gasteiger partial charge in [-0.3, -0.25) is 4.79 Å². The topological polar surface area (TPSA) is 58.1 Å². The number of hydrogen-bond acceptors (Lipinski definition) is 4. The van der Waals surface area contributed by atoms with Crippen molar-refractivity contribution in [3.63, 3.8) is 0 Å². The van der Waals surface area contributed by atoms with Crippen molar-refractivity contribution < 1.29 is 4.79 Å². The van der Waals surface area contributed by atoms with Gasteiger partial charge < -0.3 is 10.2 Å². The van der Waals surface area contributed by atoms with Gasteiger partial charge in [0.2, 0.25) is 0 Å². The second-order valence-electron chi connectivity index (χ2n) is 5.85. The molecule has 0 bridgehead atoms. The third kappa shape index (κ3) is 5.14. The number of amides is 1. The first-order valence-electron chi connectivity index (χ1n) is 7.94. The second kappa shape index (κ2) is 8.39. The number of nitrogens with one attached hydrogen (secondary N) is 1. The Morgan fingerprint density at radius 1 is 1.17 bits per heavy atom. The summed E-state index contributed by atoms with van der Waals surface area (Å²) in [6.45, 7) is 5.92. The van der Waals surface area contributed by atoms with Crippen molar-refractivity contribution in [3.05, 3.63) is 48.3 Å². The second-order valence-corrected chi connectivity index (χ2v) is 5.85. The van der Waals surface area contributed by atoms with Gasteiger partial charge in [-0.1, -0.05) is 30.3 Å². The molecule has 0 radical (unpaired) electrons. The summed E-state index contributed by atoms with van der Waals surface area (Å²) in [7, 11) is 2.09. The van der Waals surface area contributed by atoms with Gasteiger partial charge in [-0.25, -0.2) is 9.97 Å². The van der Waals surface area contributed by atoms with E-state index in [4.69, 9.17) is 0 Å². The first-order valence-corrected chi connectivity index (χ1v) is 7.94. The fourth-order valence-electron chi connectivity index (χ4n) is 2.07. The molecule has 0 saturated carbocycles. The minimum absolute atomic E-state index is 0.128. The number of carbonyl (C=O) groups excluding carboxylic acids is 1. The van der Waals surface area contributed by atoms with E-state index in [0.717, 1.165) is 18.5 Å². The van der Waals surface area contributed by atoms with Crippen LogP contribution >= 0.6 is 0 Å². The molecule has 5 heteroatoms. The molecule has 0 aliphatic rings. The summed E-state index contributed by atoms with van der Waals surface area (Å²) in [5.41, 5.74) is 1.43. The Morgan fingerprint density at radius 2 is 1.83 bits per heavy atom. The van der Waals surface area contributed by atoms with Gasteiger partial charge in [-0.2, -0.15) is 0 Å². The molecule has 0 unspecified atom stereocenters. The molecule has 2 aromatic rings. The number of aromatic nitrogens is 2. The molecule has 122 valence electrons. The molecular weight excluding hydrogens is 288 g/mol. The Bertz CT molecular complexity index is 611. The molecule has 1 heterocycles. The maximum Gasteiger partial charge on any atom is 0.254 e. The van der Waals surface area contributed by atoms with Gasteiger partial charge in [0.25, 0.3) is 5.91 Å². The molecule has 23 heavy (non-hydrogen) atoms. The van der Waals surface area contributed by atoms with E-state index in [9.17, 15) is 4.79 Å². The third-order valence-electron chi connectivity index (χ3n) is 3.80. The molecule has 1 amide bonds. The third-order valence-corrected chi connectivity index (χ3v) is 3.80. The normalized spacial score (nSPS) is 11.0. The van der Waals surface area contributed by atoms with Crippen LogP contribution in [0.2, 0.25) is 0 Å². The van der Waals surface area contributed by atoms with E-state index in [2.05, 4.69) is 41.1 Å². The fraction of sp³-hybridized carbons (Fsp3) is 0.389. The van der Waals surface area contributed by atoms with Crippen LogP contribution in [0.4, 0.5) is 0 Å². The van der Waals surface area contributed by atoms with Crippen LogP contribution in [0.25, 0.3) is 11.4 Å². The van der Waals surface area contributed by atoms with Crippen LogP contribution in [0.1, 0.15) is 30.6 Å². The number of benzene rings is 1. The Morgan fingerprint density at radius 3 is 2.43 bits per heavy atom. The highest BCUT2D eigenvalue weighted by Crippen LogP contribution is 2.13. The highest BCUT2D eigenvalue weighted by atomic mass is 16.1. The molecule has 0 aliphatic carbocycles. The lowest BCUT2D eigenvalue weighted by Gasteiger charge is -2.20. The van der Waals surface area contributed by atoms with E-state index in [1.165, 1.54) is 0 Å². The standard InChI is InChI=1S/C18H24N4O/c1-14(2)22(3)11-7-10-19-18(23)16-12-20-17(21-13-16)15-8-5-4-6-9-15/h4-6,8-9,12-14H,7,10-11H2,1-3H3,(H,19,23). The van der Waals surface area contributed by atoms with E-state index in [1.807, 2.05) is 30.3 Å². The summed E-state index contributed by atoms with van der Waals surface area (Å²) >= 11 is 0. The van der Waals surface area contributed by atoms with Crippen molar-refractivity contribution in [2.45, 2.75) is 26.3 Å². The Labute approximate surface area is 137 Å². The van der Waals surface area contributed by atoms with Crippen LogP contribution in [-0.2, 0) is 0 Å². The van der Waals surface area contributed by atoms with Gasteiger partial charge in [-0.05, 0) is 33.9 Å². The first-order chi connectivity index (χ1) is 11.1. The Balaban J connectivity index is 1.84. The van der Waals surface area contributed by atoms with Gasteiger partial charge in [0.1, 0.15) is 0 Å². The van der Waals surface area contributed by atoms with Crippen molar-refractivity contribution in [2.24, 2.45) is 0 Å². The van der Waals surface area contributed by atoms with Gasteiger partial charge in [0.05, 0.1) is 5.56 Å². The summed E-state index contributed by atoms with van der Waals surface area (Å²) < 4.78 is 0. The molecule has 1 aromatic carbocycles. The smallest absolute Gasteiger partial charge is 0.254 e. The van der Waals surface area contributed by atoms with Crippen LogP contribution < -0.4 is 5.32 Å². The maximum absolute atomic E-state index is 12.1. The van der Waals surface area contributed by atoms with Crippen LogP contribution in [0.15, 0.2) is 42.7 Å². The molecule has 0 aliphatic heterocycles. The zero-order valence-corrected chi connectivity index (χ0v) is 14.0. The lowest BCUT2D eigenvalue weighted by atomic mass is 10.2. The highest BCUT2D eigenvalue weighted by molar-refractivity contribution is 5.93. The van der Waals surface area contributed by atoms with Crippen LogP contribution in [0.3, 0.4) is 0 Å². The van der Waals surface area contributed by atoms with Gasteiger partial charge in [0, 0.05) is 30.5 Å². The molecule has 1 N–H and O–H groups in total. The quantitative estimate of drug-likeness (QED) is 0.798. The lowest BCUT2D eigenvalue weighted by Crippen LogP contribution is -2.31. The molecule has 0 fully saturated rings. The van der Waals surface area contributed by atoms with Gasteiger partial charge in [-0.15, -0.1) is 0 Å². The summed E-state index contributed by atoms with van der Waals surface area (Å²) in [6.07, 6.45) is 4.07. The maximum atomic E-state index is 12.1. The minimum atomic E-state index is -0.128. The SMILES string of the molecule is CC(C)N(C)CCCNC(=O)c1cnc(-c2ccccc2)nc1. The molecule has 5 nitrogen and oxygen atoms in total. The summed E-state index contributed by atoms with van der Waals surface area (Å²) in [5, 5.41) is 2.91. The first kappa shape index (κ1) is 17.1. The van der Waals surface area contributed by atoms with Gasteiger partial charge in [0.15, 0.2) is 5.82 Å². The van der Waals surface area contributed by atoms with E-state index in [1.54, 1.807) is 12.4 Å². The molecule has 0 atom stereocenters. The number of hydrogen-bond donors (Lipinski definition) is 1. The van der Waals surface area contributed by atoms with Crippen molar-refractivity contribution in [2.75, 3.05) is 20.1 Å². The summed E-state index contributed by atoms with van der Waals surface area (Å²) in [5.74, 6) is 0.498. The van der Waals surface area contributed by atoms with Crippen LogP contribution in [-0.4, -0.2) is 47.0 Å². The average Bonchev–Trinajstić information content (AvgIpc) is 2.59. The van der Waals surface area contributed by atoms with Crippen LogP contribution in [0, 0.1) is 0 Å². The molecule has 0 saturated heterocycles. The predicted molar refractivity (Wildman–Crippen MR) is 92.2 cm³/mol. The monoisotopic (exact) mass is 312 g/mol. The highest BCUT2D eigenvalue weighted by Gasteiger charge is 2.08. The Kier molecular flexibility index (Phi) is 6.23. The van der Waals surface area contributed by atoms with Crippen molar-refractivity contribution in [1.82, 2.24) is 20.2 Å². The molecule has 1 aromatic heterocycles. The summed E-state index contributed by atoms with van der Waals surface area (Å²) in [6, 6.07) is 10.2. The van der Waals surface area contributed by atoms with E-state index in [-0.39, 0.29) is 5.91 Å². The zero-order valence-electron chi connectivity index (χ0n) is 14.0. The van der Waals surface area contributed by atoms with E-state index < -0.39 is 0 Å². The lowest BCUT2D eigenvalue weighted by molar-refractivity contribution is 0.0951. The van der Waals surface area contributed by atoms with Crippen LogP contribution in [0.5, 0.6) is 0 Å². The number of nitrogens with zero attached hydrogens (tertiary/aromatic N) is 3. The molecule has 2 rings (SSSR count). The van der Waals surface area contributed by atoms with Crippen molar-refractivity contribution in [3.8, 4) is 11.4 Å². The number of carbonyl (C=O) groups is 1. The molecule has 0 spiro atoms. The van der Waals surface area contributed by atoms with Crippen molar-refractivity contribution in [1.29, 1.82) is 0 Å². The van der Waals surface area contributed by atoms with E-state index in [0.29, 0.717) is 24.0 Å². The van der Waals surface area contributed by atoms with Gasteiger partial charge >= 0.3 is 0 Å².